The van der Waals surface area contributed by atoms with Gasteiger partial charge in [0, 0.05) is 0 Å². The highest BCUT2D eigenvalue weighted by molar-refractivity contribution is 9.10. The second-order valence-corrected chi connectivity index (χ2v) is 7.75. The SMILES string of the molecule is CCOC(=O)C1=C(O)/C(=C\c2cc(Br)c(O)c(OC)c2)SC1=Nc1ccccc1. The number of aliphatic imine (C=N–C) groups is 1. The summed E-state index contributed by atoms with van der Waals surface area (Å²) >= 11 is 4.44. The lowest BCUT2D eigenvalue weighted by molar-refractivity contribution is -0.138. The second-order valence-electron chi connectivity index (χ2n) is 5.86. The van der Waals surface area contributed by atoms with Crippen LogP contribution in [0.15, 0.2) is 68.2 Å². The molecule has 0 amide bonds. The molecule has 0 aromatic heterocycles. The molecule has 0 unspecified atom stereocenters. The fourth-order valence-corrected chi connectivity index (χ4v) is 4.09. The van der Waals surface area contributed by atoms with Crippen molar-refractivity contribution in [3.05, 3.63) is 68.7 Å². The van der Waals surface area contributed by atoms with Crippen molar-refractivity contribution in [2.75, 3.05) is 13.7 Å². The Kier molecular flexibility index (Phi) is 6.66. The first-order chi connectivity index (χ1) is 13.9. The molecule has 0 spiro atoms. The number of phenolic OH excluding ortho intramolecular Hbond substituents is 1. The molecule has 0 radical (unpaired) electrons. The summed E-state index contributed by atoms with van der Waals surface area (Å²) in [5, 5.41) is 21.1. The Labute approximate surface area is 180 Å². The van der Waals surface area contributed by atoms with Gasteiger partial charge < -0.3 is 19.7 Å². The van der Waals surface area contributed by atoms with Gasteiger partial charge >= 0.3 is 5.97 Å². The van der Waals surface area contributed by atoms with Gasteiger partial charge in [0.15, 0.2) is 11.5 Å². The number of aliphatic hydroxyl groups is 1. The van der Waals surface area contributed by atoms with Crippen LogP contribution in [0.1, 0.15) is 12.5 Å². The van der Waals surface area contributed by atoms with Gasteiger partial charge in [-0.25, -0.2) is 9.79 Å². The van der Waals surface area contributed by atoms with Crippen LogP contribution in [0.5, 0.6) is 11.5 Å². The summed E-state index contributed by atoms with van der Waals surface area (Å²) in [7, 11) is 1.45. The van der Waals surface area contributed by atoms with Crippen molar-refractivity contribution in [1.29, 1.82) is 0 Å². The largest absolute Gasteiger partial charge is 0.506 e. The number of aromatic hydroxyl groups is 1. The van der Waals surface area contributed by atoms with E-state index in [4.69, 9.17) is 9.47 Å². The van der Waals surface area contributed by atoms with Crippen molar-refractivity contribution >= 4 is 50.5 Å². The molecule has 3 rings (SSSR count). The molecule has 0 bridgehead atoms. The Balaban J connectivity index is 2.07. The molecule has 1 aliphatic heterocycles. The third kappa shape index (κ3) is 4.65. The zero-order valence-corrected chi connectivity index (χ0v) is 18.1. The fourth-order valence-electron chi connectivity index (χ4n) is 2.60. The molecule has 0 aliphatic carbocycles. The number of hydrogen-bond acceptors (Lipinski definition) is 7. The smallest absolute Gasteiger partial charge is 0.344 e. The van der Waals surface area contributed by atoms with E-state index < -0.39 is 5.97 Å². The molecular weight excluding hydrogens is 458 g/mol. The van der Waals surface area contributed by atoms with Crippen molar-refractivity contribution in [3.8, 4) is 11.5 Å². The van der Waals surface area contributed by atoms with E-state index in [2.05, 4.69) is 20.9 Å². The van der Waals surface area contributed by atoms with Gasteiger partial charge in [-0.1, -0.05) is 30.0 Å². The summed E-state index contributed by atoms with van der Waals surface area (Å²) in [6.07, 6.45) is 1.68. The number of thioether (sulfide) groups is 1. The van der Waals surface area contributed by atoms with E-state index in [-0.39, 0.29) is 29.4 Å². The van der Waals surface area contributed by atoms with Gasteiger partial charge in [0.05, 0.1) is 28.8 Å². The van der Waals surface area contributed by atoms with Gasteiger partial charge in [-0.3, -0.25) is 0 Å². The van der Waals surface area contributed by atoms with Gasteiger partial charge in [-0.05, 0) is 58.8 Å². The maximum Gasteiger partial charge on any atom is 0.344 e. The molecule has 0 saturated carbocycles. The Morgan fingerprint density at radius 3 is 2.62 bits per heavy atom. The third-order valence-electron chi connectivity index (χ3n) is 3.93. The number of hydrogen-bond donors (Lipinski definition) is 2. The van der Waals surface area contributed by atoms with E-state index in [1.807, 2.05) is 18.2 Å². The Hall–Kier alpha value is -2.71. The van der Waals surface area contributed by atoms with Crippen molar-refractivity contribution in [2.45, 2.75) is 6.92 Å². The fraction of sp³-hybridized carbons (Fsp3) is 0.143. The number of phenols is 1. The van der Waals surface area contributed by atoms with Gasteiger partial charge in [0.25, 0.3) is 0 Å². The van der Waals surface area contributed by atoms with E-state index in [1.54, 1.807) is 37.3 Å². The van der Waals surface area contributed by atoms with Crippen LogP contribution in [0.2, 0.25) is 0 Å². The number of esters is 1. The van der Waals surface area contributed by atoms with E-state index in [1.165, 1.54) is 7.11 Å². The summed E-state index contributed by atoms with van der Waals surface area (Å²) in [5.41, 5.74) is 1.33. The number of halogens is 1. The summed E-state index contributed by atoms with van der Waals surface area (Å²) in [4.78, 5) is 17.4. The van der Waals surface area contributed by atoms with Gasteiger partial charge in [0.1, 0.15) is 16.4 Å². The third-order valence-corrected chi connectivity index (χ3v) is 5.55. The standard InChI is InChI=1S/C21H18BrNO5S/c1-3-28-21(26)17-19(25)16(29-20(17)23-13-7-5-4-6-8-13)11-12-9-14(22)18(24)15(10-12)27-2/h4-11,24-25H,3H2,1-2H3/b16-11+,23-20?. The molecular formula is C21H18BrNO5S. The van der Waals surface area contributed by atoms with Crippen molar-refractivity contribution < 1.29 is 24.5 Å². The van der Waals surface area contributed by atoms with Crippen molar-refractivity contribution in [1.82, 2.24) is 0 Å². The van der Waals surface area contributed by atoms with Crippen LogP contribution in [0.4, 0.5) is 5.69 Å². The maximum absolute atomic E-state index is 12.4. The number of nitrogens with zero attached hydrogens (tertiary/aromatic N) is 1. The lowest BCUT2D eigenvalue weighted by Gasteiger charge is -2.07. The summed E-state index contributed by atoms with van der Waals surface area (Å²) < 4.78 is 10.7. The highest BCUT2D eigenvalue weighted by atomic mass is 79.9. The minimum absolute atomic E-state index is 0.0213. The van der Waals surface area contributed by atoms with Crippen molar-refractivity contribution in [3.63, 3.8) is 0 Å². The molecule has 6 nitrogen and oxygen atoms in total. The normalized spacial score (nSPS) is 16.5. The molecule has 1 aliphatic rings. The first-order valence-corrected chi connectivity index (χ1v) is 10.3. The number of para-hydroxylation sites is 1. The van der Waals surface area contributed by atoms with Crippen LogP contribution in [0.25, 0.3) is 6.08 Å². The predicted molar refractivity (Wildman–Crippen MR) is 118 cm³/mol. The average Bonchev–Trinajstić information content (AvgIpc) is 3.00. The Morgan fingerprint density at radius 1 is 1.24 bits per heavy atom. The summed E-state index contributed by atoms with van der Waals surface area (Å²) in [5.74, 6) is -0.583. The van der Waals surface area contributed by atoms with Gasteiger partial charge in [-0.2, -0.15) is 0 Å². The van der Waals surface area contributed by atoms with Crippen LogP contribution >= 0.6 is 27.7 Å². The number of ether oxygens (including phenoxy) is 2. The minimum atomic E-state index is -0.639. The molecule has 2 N–H and O–H groups in total. The topological polar surface area (TPSA) is 88.4 Å². The van der Waals surface area contributed by atoms with Gasteiger partial charge in [-0.15, -0.1) is 0 Å². The monoisotopic (exact) mass is 475 g/mol. The van der Waals surface area contributed by atoms with E-state index in [9.17, 15) is 15.0 Å². The van der Waals surface area contributed by atoms with E-state index in [0.29, 0.717) is 25.7 Å². The second kappa shape index (κ2) is 9.19. The van der Waals surface area contributed by atoms with Gasteiger partial charge in [0.2, 0.25) is 0 Å². The molecule has 1 heterocycles. The number of aliphatic hydroxyl groups excluding tert-OH is 1. The molecule has 0 fully saturated rings. The number of carbonyl (C=O) groups excluding carboxylic acids is 1. The van der Waals surface area contributed by atoms with Crippen LogP contribution in [-0.2, 0) is 9.53 Å². The summed E-state index contributed by atoms with van der Waals surface area (Å²) in [6, 6.07) is 12.4. The first-order valence-electron chi connectivity index (χ1n) is 8.65. The molecule has 0 saturated heterocycles. The maximum atomic E-state index is 12.4. The highest BCUT2D eigenvalue weighted by Crippen LogP contribution is 2.42. The van der Waals surface area contributed by atoms with Crippen LogP contribution < -0.4 is 4.74 Å². The number of benzene rings is 2. The predicted octanol–water partition coefficient (Wildman–Crippen LogP) is 5.36. The highest BCUT2D eigenvalue weighted by Gasteiger charge is 2.33. The van der Waals surface area contributed by atoms with Crippen LogP contribution in [0.3, 0.4) is 0 Å². The Bertz CT molecular complexity index is 1030. The van der Waals surface area contributed by atoms with E-state index in [0.717, 1.165) is 11.8 Å². The first kappa shape index (κ1) is 21.0. The summed E-state index contributed by atoms with van der Waals surface area (Å²) in [6.45, 7) is 1.88. The van der Waals surface area contributed by atoms with Crippen molar-refractivity contribution in [2.24, 2.45) is 4.99 Å². The molecule has 29 heavy (non-hydrogen) atoms. The molecule has 2 aromatic carbocycles. The quantitative estimate of drug-likeness (QED) is 0.566. The molecule has 2 aromatic rings. The zero-order valence-electron chi connectivity index (χ0n) is 15.7. The molecule has 8 heteroatoms. The zero-order chi connectivity index (χ0) is 21.0. The molecule has 150 valence electrons. The average molecular weight is 476 g/mol. The van der Waals surface area contributed by atoms with E-state index >= 15 is 0 Å². The van der Waals surface area contributed by atoms with Crippen LogP contribution in [0, 0.1) is 0 Å². The minimum Gasteiger partial charge on any atom is -0.506 e. The molecule has 0 atom stereocenters. The van der Waals surface area contributed by atoms with Crippen LogP contribution in [-0.4, -0.2) is 34.9 Å². The number of methoxy groups -OCH3 is 1. The lowest BCUT2D eigenvalue weighted by Crippen LogP contribution is -2.12. The number of rotatable bonds is 5. The number of carbonyl (C=O) groups is 1. The lowest BCUT2D eigenvalue weighted by atomic mass is 10.1. The Morgan fingerprint density at radius 2 is 1.97 bits per heavy atom.